The van der Waals surface area contributed by atoms with Gasteiger partial charge in [-0.3, -0.25) is 4.79 Å². The summed E-state index contributed by atoms with van der Waals surface area (Å²) in [5.74, 6) is -0.0696. The van der Waals surface area contributed by atoms with Crippen molar-refractivity contribution in [3.8, 4) is 5.75 Å². The van der Waals surface area contributed by atoms with E-state index in [9.17, 15) is 18.0 Å². The van der Waals surface area contributed by atoms with Gasteiger partial charge >= 0.3 is 6.18 Å². The number of hydrogen-bond acceptors (Lipinski definition) is 4. The van der Waals surface area contributed by atoms with E-state index in [0.29, 0.717) is 6.54 Å². The second kappa shape index (κ2) is 8.73. The molecule has 1 aromatic carbocycles. The number of ether oxygens (including phenoxy) is 1. The van der Waals surface area contributed by atoms with Crippen LogP contribution in [0.25, 0.3) is 0 Å². The Balaban J connectivity index is 1.34. The number of benzene rings is 1. The van der Waals surface area contributed by atoms with E-state index < -0.39 is 11.7 Å². The first-order chi connectivity index (χ1) is 12.9. The van der Waals surface area contributed by atoms with Crippen molar-refractivity contribution in [3.63, 3.8) is 0 Å². The third-order valence-corrected chi connectivity index (χ3v) is 5.55. The lowest BCUT2D eigenvalue weighted by Gasteiger charge is -2.09. The summed E-state index contributed by atoms with van der Waals surface area (Å²) in [5, 5.41) is 3.88. The first-order valence-corrected chi connectivity index (χ1v) is 9.77. The zero-order valence-electron chi connectivity index (χ0n) is 14.8. The highest BCUT2D eigenvalue weighted by Crippen LogP contribution is 2.30. The zero-order chi connectivity index (χ0) is 19.3. The molecule has 0 saturated carbocycles. The monoisotopic (exact) mass is 398 g/mol. The molecule has 0 saturated heterocycles. The minimum Gasteiger partial charge on any atom is -0.484 e. The predicted octanol–water partition coefficient (Wildman–Crippen LogP) is 4.17. The molecule has 0 bridgehead atoms. The molecule has 27 heavy (non-hydrogen) atoms. The van der Waals surface area contributed by atoms with Gasteiger partial charge < -0.3 is 10.1 Å². The molecule has 1 aromatic heterocycles. The van der Waals surface area contributed by atoms with Crippen LogP contribution < -0.4 is 10.1 Å². The largest absolute Gasteiger partial charge is 0.484 e. The summed E-state index contributed by atoms with van der Waals surface area (Å²) in [7, 11) is 0. The molecule has 1 N–H and O–H groups in total. The highest BCUT2D eigenvalue weighted by atomic mass is 32.1. The van der Waals surface area contributed by atoms with Crippen molar-refractivity contribution in [3.05, 3.63) is 45.4 Å². The summed E-state index contributed by atoms with van der Waals surface area (Å²) in [6, 6.07) is 4.28. The normalized spacial score (nSPS) is 13.9. The number of nitrogens with one attached hydrogen (secondary N) is 1. The van der Waals surface area contributed by atoms with E-state index in [1.54, 1.807) is 11.3 Å². The van der Waals surface area contributed by atoms with E-state index >= 15 is 0 Å². The lowest BCUT2D eigenvalue weighted by molar-refractivity contribution is -0.137. The molecule has 4 nitrogen and oxygen atoms in total. The molecular formula is C19H21F3N2O2S. The molecule has 0 aliphatic heterocycles. The van der Waals surface area contributed by atoms with Crippen LogP contribution in [-0.2, 0) is 30.2 Å². The average Bonchev–Trinajstić information content (AvgIpc) is 3.06. The molecule has 0 atom stereocenters. The number of nitrogens with zero attached hydrogens (tertiary/aromatic N) is 1. The summed E-state index contributed by atoms with van der Waals surface area (Å²) in [6.45, 7) is 0.288. The first-order valence-electron chi connectivity index (χ1n) is 8.96. The maximum Gasteiger partial charge on any atom is 0.416 e. The Bertz CT molecular complexity index is 749. The smallest absolute Gasteiger partial charge is 0.416 e. The van der Waals surface area contributed by atoms with Gasteiger partial charge in [-0.25, -0.2) is 4.98 Å². The van der Waals surface area contributed by atoms with Crippen LogP contribution in [0.1, 0.15) is 40.4 Å². The molecule has 1 aliphatic carbocycles. The molecule has 146 valence electrons. The van der Waals surface area contributed by atoms with Crippen molar-refractivity contribution in [1.82, 2.24) is 10.3 Å². The number of aryl methyl sites for hydroxylation is 3. The Hall–Kier alpha value is -2.09. The highest BCUT2D eigenvalue weighted by molar-refractivity contribution is 7.11. The molecule has 0 radical (unpaired) electrons. The molecule has 1 heterocycles. The number of alkyl halides is 3. The third-order valence-electron chi connectivity index (χ3n) is 4.33. The third kappa shape index (κ3) is 5.69. The SMILES string of the molecule is O=C(COc1ccc(C(F)(F)F)cc1)NCCCc1nc2c(s1)CCCC2. The van der Waals surface area contributed by atoms with Crippen LogP contribution in [0.5, 0.6) is 5.75 Å². The van der Waals surface area contributed by atoms with Gasteiger partial charge in [0.05, 0.1) is 16.3 Å². The Labute approximate surface area is 159 Å². The van der Waals surface area contributed by atoms with Crippen molar-refractivity contribution in [1.29, 1.82) is 0 Å². The summed E-state index contributed by atoms with van der Waals surface area (Å²) in [5.41, 5.74) is 0.499. The second-order valence-electron chi connectivity index (χ2n) is 6.45. The van der Waals surface area contributed by atoms with Crippen LogP contribution in [0.2, 0.25) is 0 Å². The summed E-state index contributed by atoms with van der Waals surface area (Å²) in [4.78, 5) is 17.9. The number of carbonyl (C=O) groups is 1. The number of halogens is 3. The molecule has 8 heteroatoms. The molecule has 0 spiro atoms. The lowest BCUT2D eigenvalue weighted by atomic mass is 10.0. The van der Waals surface area contributed by atoms with E-state index in [1.165, 1.54) is 35.5 Å². The minimum absolute atomic E-state index is 0.225. The maximum atomic E-state index is 12.5. The van der Waals surface area contributed by atoms with Crippen LogP contribution in [0.4, 0.5) is 13.2 Å². The van der Waals surface area contributed by atoms with Crippen LogP contribution in [0, 0.1) is 0 Å². The molecule has 1 amide bonds. The van der Waals surface area contributed by atoms with Gasteiger partial charge in [0, 0.05) is 17.8 Å². The van der Waals surface area contributed by atoms with E-state index in [4.69, 9.17) is 4.74 Å². The number of hydrogen-bond donors (Lipinski definition) is 1. The summed E-state index contributed by atoms with van der Waals surface area (Å²) in [6.07, 6.45) is 1.90. The fraction of sp³-hybridized carbons (Fsp3) is 0.474. The number of thiazole rings is 1. The summed E-state index contributed by atoms with van der Waals surface area (Å²) < 4.78 is 42.7. The minimum atomic E-state index is -4.38. The average molecular weight is 398 g/mol. The Morgan fingerprint density at radius 1 is 1.19 bits per heavy atom. The summed E-state index contributed by atoms with van der Waals surface area (Å²) >= 11 is 1.78. The predicted molar refractivity (Wildman–Crippen MR) is 97.0 cm³/mol. The topological polar surface area (TPSA) is 51.2 Å². The number of amides is 1. The number of aromatic nitrogens is 1. The van der Waals surface area contributed by atoms with Gasteiger partial charge in [-0.2, -0.15) is 13.2 Å². The van der Waals surface area contributed by atoms with Crippen molar-refractivity contribution >= 4 is 17.2 Å². The Morgan fingerprint density at radius 2 is 1.93 bits per heavy atom. The van der Waals surface area contributed by atoms with Gasteiger partial charge in [-0.15, -0.1) is 11.3 Å². The Morgan fingerprint density at radius 3 is 2.63 bits per heavy atom. The molecule has 3 rings (SSSR count). The van der Waals surface area contributed by atoms with Gasteiger partial charge in [-0.05, 0) is 56.4 Å². The van der Waals surface area contributed by atoms with Gasteiger partial charge in [0.2, 0.25) is 0 Å². The van der Waals surface area contributed by atoms with E-state index in [0.717, 1.165) is 42.8 Å². The van der Waals surface area contributed by atoms with Crippen molar-refractivity contribution in [2.75, 3.05) is 13.2 Å². The van der Waals surface area contributed by atoms with Gasteiger partial charge in [-0.1, -0.05) is 0 Å². The molecule has 1 aliphatic rings. The van der Waals surface area contributed by atoms with Crippen LogP contribution in [-0.4, -0.2) is 24.0 Å². The molecule has 0 fully saturated rings. The Kier molecular flexibility index (Phi) is 6.36. The standard InChI is InChI=1S/C19H21F3N2O2S/c20-19(21,22)13-7-9-14(10-8-13)26-12-17(25)23-11-3-6-18-24-15-4-1-2-5-16(15)27-18/h7-10H,1-6,11-12H2,(H,23,25). The molecular weight excluding hydrogens is 377 g/mol. The van der Waals surface area contributed by atoms with E-state index in [2.05, 4.69) is 10.3 Å². The van der Waals surface area contributed by atoms with Gasteiger partial charge in [0.15, 0.2) is 6.61 Å². The van der Waals surface area contributed by atoms with E-state index in [-0.39, 0.29) is 18.3 Å². The maximum absolute atomic E-state index is 12.5. The first kappa shape index (κ1) is 19.7. The molecule has 2 aromatic rings. The van der Waals surface area contributed by atoms with Crippen LogP contribution in [0.3, 0.4) is 0 Å². The second-order valence-corrected chi connectivity index (χ2v) is 7.62. The highest BCUT2D eigenvalue weighted by Gasteiger charge is 2.30. The number of fused-ring (bicyclic) bond motifs is 1. The fourth-order valence-corrected chi connectivity index (χ4v) is 4.12. The van der Waals surface area contributed by atoms with E-state index in [1.807, 2.05) is 0 Å². The quantitative estimate of drug-likeness (QED) is 0.713. The van der Waals surface area contributed by atoms with Gasteiger partial charge in [0.1, 0.15) is 5.75 Å². The fourth-order valence-electron chi connectivity index (χ4n) is 2.92. The van der Waals surface area contributed by atoms with Crippen molar-refractivity contribution < 1.29 is 22.7 Å². The van der Waals surface area contributed by atoms with Crippen molar-refractivity contribution in [2.24, 2.45) is 0 Å². The number of rotatable bonds is 7. The van der Waals surface area contributed by atoms with Crippen LogP contribution in [0.15, 0.2) is 24.3 Å². The van der Waals surface area contributed by atoms with Crippen LogP contribution >= 0.6 is 11.3 Å². The lowest BCUT2D eigenvalue weighted by Crippen LogP contribution is -2.29. The zero-order valence-corrected chi connectivity index (χ0v) is 15.6. The van der Waals surface area contributed by atoms with Crippen molar-refractivity contribution in [2.45, 2.75) is 44.7 Å². The molecule has 0 unspecified atom stereocenters. The van der Waals surface area contributed by atoms with Gasteiger partial charge in [0.25, 0.3) is 5.91 Å². The number of carbonyl (C=O) groups excluding carboxylic acids is 1.